The third-order valence-electron chi connectivity index (χ3n) is 4.62. The summed E-state index contributed by atoms with van der Waals surface area (Å²) in [6.07, 6.45) is 0. The topological polar surface area (TPSA) is 86.7 Å². The van der Waals surface area contributed by atoms with E-state index in [0.717, 1.165) is 16.7 Å². The van der Waals surface area contributed by atoms with Crippen LogP contribution in [-0.4, -0.2) is 25.1 Å². The Bertz CT molecular complexity index is 1150. The Morgan fingerprint density at radius 2 is 1.62 bits per heavy atom. The third-order valence-corrected chi connectivity index (χ3v) is 5.15. The number of aromatic nitrogens is 4. The molecular weight excluding hydrogens is 434 g/mol. The lowest BCUT2D eigenvalue weighted by atomic mass is 9.98. The summed E-state index contributed by atoms with van der Waals surface area (Å²) >= 11 is 3.59. The van der Waals surface area contributed by atoms with Gasteiger partial charge in [0.05, 0.1) is 10.6 Å². The van der Waals surface area contributed by atoms with Crippen LogP contribution < -0.4 is 0 Å². The van der Waals surface area contributed by atoms with Gasteiger partial charge in [-0.15, -0.1) is 5.10 Å². The van der Waals surface area contributed by atoms with Gasteiger partial charge in [-0.05, 0) is 46.2 Å². The highest BCUT2D eigenvalue weighted by molar-refractivity contribution is 9.09. The lowest BCUT2D eigenvalue weighted by Gasteiger charge is -2.11. The largest absolute Gasteiger partial charge is 0.269 e. The summed E-state index contributed by atoms with van der Waals surface area (Å²) in [4.78, 5) is 10.8. The standard InChI is InChI=1S/C21H16BrN5O2/c1-14(22)15-6-8-16(9-7-15)19-4-2-3-5-20(19)21-23-24-25-26(21)17-10-12-18(13-11-17)27(28)29/h2-14H,1H3. The van der Waals surface area contributed by atoms with Crippen LogP contribution in [0.4, 0.5) is 5.69 Å². The zero-order chi connectivity index (χ0) is 20.4. The van der Waals surface area contributed by atoms with Crippen LogP contribution in [0.2, 0.25) is 0 Å². The Morgan fingerprint density at radius 3 is 2.24 bits per heavy atom. The summed E-state index contributed by atoms with van der Waals surface area (Å²) < 4.78 is 1.58. The molecule has 0 radical (unpaired) electrons. The van der Waals surface area contributed by atoms with Crippen LogP contribution in [0.1, 0.15) is 17.3 Å². The number of non-ortho nitro benzene ring substituents is 1. The molecule has 1 heterocycles. The molecule has 0 N–H and O–H groups in total. The molecule has 29 heavy (non-hydrogen) atoms. The van der Waals surface area contributed by atoms with Crippen molar-refractivity contribution in [3.05, 3.63) is 88.5 Å². The number of benzene rings is 3. The normalized spacial score (nSPS) is 11.9. The van der Waals surface area contributed by atoms with E-state index in [-0.39, 0.29) is 10.5 Å². The predicted molar refractivity (Wildman–Crippen MR) is 114 cm³/mol. The van der Waals surface area contributed by atoms with E-state index >= 15 is 0 Å². The molecule has 1 atom stereocenters. The van der Waals surface area contributed by atoms with Crippen LogP contribution in [0.3, 0.4) is 0 Å². The molecule has 0 aliphatic carbocycles. The minimum Gasteiger partial charge on any atom is -0.258 e. The lowest BCUT2D eigenvalue weighted by molar-refractivity contribution is -0.384. The number of hydrogen-bond acceptors (Lipinski definition) is 5. The van der Waals surface area contributed by atoms with E-state index in [1.54, 1.807) is 16.8 Å². The highest BCUT2D eigenvalue weighted by atomic mass is 79.9. The van der Waals surface area contributed by atoms with E-state index < -0.39 is 4.92 Å². The van der Waals surface area contributed by atoms with Crippen molar-refractivity contribution in [3.63, 3.8) is 0 Å². The minimum absolute atomic E-state index is 0.0184. The van der Waals surface area contributed by atoms with Crippen molar-refractivity contribution in [3.8, 4) is 28.2 Å². The molecule has 7 nitrogen and oxygen atoms in total. The second-order valence-electron chi connectivity index (χ2n) is 6.47. The molecule has 0 aliphatic rings. The molecule has 1 aromatic heterocycles. The second kappa shape index (κ2) is 7.92. The zero-order valence-corrected chi connectivity index (χ0v) is 17.0. The quantitative estimate of drug-likeness (QED) is 0.232. The summed E-state index contributed by atoms with van der Waals surface area (Å²) in [7, 11) is 0. The fraction of sp³-hybridized carbons (Fsp3) is 0.0952. The van der Waals surface area contributed by atoms with Crippen LogP contribution in [0, 0.1) is 10.1 Å². The summed E-state index contributed by atoms with van der Waals surface area (Å²) in [5.74, 6) is 0.562. The van der Waals surface area contributed by atoms with E-state index in [9.17, 15) is 10.1 Å². The predicted octanol–water partition coefficient (Wildman–Crippen LogP) is 5.36. The highest BCUT2D eigenvalue weighted by Gasteiger charge is 2.16. The molecule has 3 aromatic carbocycles. The van der Waals surface area contributed by atoms with Crippen molar-refractivity contribution < 1.29 is 4.92 Å². The molecule has 0 saturated heterocycles. The molecule has 4 rings (SSSR count). The average Bonchev–Trinajstić information content (AvgIpc) is 3.23. The van der Waals surface area contributed by atoms with Crippen molar-refractivity contribution in [2.24, 2.45) is 0 Å². The van der Waals surface area contributed by atoms with Crippen LogP contribution in [0.5, 0.6) is 0 Å². The van der Waals surface area contributed by atoms with Gasteiger partial charge >= 0.3 is 0 Å². The van der Waals surface area contributed by atoms with Gasteiger partial charge in [-0.25, -0.2) is 0 Å². The molecule has 0 amide bonds. The Labute approximate surface area is 175 Å². The number of rotatable bonds is 5. The number of nitro groups is 1. The van der Waals surface area contributed by atoms with Crippen LogP contribution in [-0.2, 0) is 0 Å². The summed E-state index contributed by atoms with van der Waals surface area (Å²) in [6.45, 7) is 2.08. The molecular formula is C21H16BrN5O2. The summed E-state index contributed by atoms with van der Waals surface area (Å²) in [6, 6.07) is 22.4. The van der Waals surface area contributed by atoms with E-state index in [1.165, 1.54) is 17.7 Å². The maximum Gasteiger partial charge on any atom is 0.269 e. The van der Waals surface area contributed by atoms with Gasteiger partial charge in [0.15, 0.2) is 5.82 Å². The first-order chi connectivity index (χ1) is 14.0. The Kier molecular flexibility index (Phi) is 5.18. The van der Waals surface area contributed by atoms with Crippen molar-refractivity contribution in [1.29, 1.82) is 0 Å². The van der Waals surface area contributed by atoms with Gasteiger partial charge in [-0.1, -0.05) is 64.5 Å². The molecule has 0 bridgehead atoms. The smallest absolute Gasteiger partial charge is 0.258 e. The SMILES string of the molecule is CC(Br)c1ccc(-c2ccccc2-c2nnnn2-c2ccc([N+](=O)[O-])cc2)cc1. The number of nitro benzene ring substituents is 1. The number of alkyl halides is 1. The van der Waals surface area contributed by atoms with Gasteiger partial charge in [0, 0.05) is 22.5 Å². The summed E-state index contributed by atoms with van der Waals surface area (Å²) in [5, 5.41) is 23.0. The molecule has 0 aliphatic heterocycles. The monoisotopic (exact) mass is 449 g/mol. The number of nitrogens with zero attached hydrogens (tertiary/aromatic N) is 5. The van der Waals surface area contributed by atoms with Crippen LogP contribution >= 0.6 is 15.9 Å². The Hall–Kier alpha value is -3.39. The van der Waals surface area contributed by atoms with E-state index in [1.807, 2.05) is 24.3 Å². The van der Waals surface area contributed by atoms with Gasteiger partial charge < -0.3 is 0 Å². The van der Waals surface area contributed by atoms with Crippen molar-refractivity contribution in [1.82, 2.24) is 20.2 Å². The number of tetrazole rings is 1. The van der Waals surface area contributed by atoms with Gasteiger partial charge in [0.1, 0.15) is 0 Å². The van der Waals surface area contributed by atoms with Gasteiger partial charge in [0.2, 0.25) is 0 Å². The van der Waals surface area contributed by atoms with Crippen LogP contribution in [0.25, 0.3) is 28.2 Å². The minimum atomic E-state index is -0.433. The molecule has 1 unspecified atom stereocenters. The molecule has 144 valence electrons. The number of halogens is 1. The zero-order valence-electron chi connectivity index (χ0n) is 15.4. The highest BCUT2D eigenvalue weighted by Crippen LogP contribution is 2.33. The van der Waals surface area contributed by atoms with Crippen molar-refractivity contribution >= 4 is 21.6 Å². The maximum atomic E-state index is 10.9. The van der Waals surface area contributed by atoms with E-state index in [0.29, 0.717) is 11.5 Å². The van der Waals surface area contributed by atoms with Gasteiger partial charge in [-0.2, -0.15) is 4.68 Å². The Morgan fingerprint density at radius 1 is 0.966 bits per heavy atom. The van der Waals surface area contributed by atoms with E-state index in [2.05, 4.69) is 62.6 Å². The fourth-order valence-corrected chi connectivity index (χ4v) is 3.41. The first-order valence-electron chi connectivity index (χ1n) is 8.91. The molecule has 8 heteroatoms. The van der Waals surface area contributed by atoms with E-state index in [4.69, 9.17) is 0 Å². The first kappa shape index (κ1) is 18.9. The van der Waals surface area contributed by atoms with Crippen LogP contribution in [0.15, 0.2) is 72.8 Å². The Balaban J connectivity index is 1.78. The average molecular weight is 450 g/mol. The first-order valence-corrected chi connectivity index (χ1v) is 9.83. The van der Waals surface area contributed by atoms with Crippen molar-refractivity contribution in [2.45, 2.75) is 11.8 Å². The molecule has 4 aromatic rings. The lowest BCUT2D eigenvalue weighted by Crippen LogP contribution is -2.01. The van der Waals surface area contributed by atoms with Gasteiger partial charge in [0.25, 0.3) is 5.69 Å². The fourth-order valence-electron chi connectivity index (χ4n) is 3.10. The third kappa shape index (κ3) is 3.79. The summed E-state index contributed by atoms with van der Waals surface area (Å²) in [5.41, 5.74) is 4.78. The van der Waals surface area contributed by atoms with Gasteiger partial charge in [-0.3, -0.25) is 10.1 Å². The van der Waals surface area contributed by atoms with Crippen molar-refractivity contribution in [2.75, 3.05) is 0 Å². The molecule has 0 spiro atoms. The maximum absolute atomic E-state index is 10.9. The number of hydrogen-bond donors (Lipinski definition) is 0. The molecule has 0 fully saturated rings. The second-order valence-corrected chi connectivity index (χ2v) is 7.84. The molecule has 0 saturated carbocycles.